The number of amides is 1. The molecule has 2 aromatic rings. The maximum absolute atomic E-state index is 11.8. The zero-order valence-corrected chi connectivity index (χ0v) is 12.9. The van der Waals surface area contributed by atoms with Crippen LogP contribution in [0.5, 0.6) is 11.5 Å². The third kappa shape index (κ3) is 4.55. The van der Waals surface area contributed by atoms with Crippen molar-refractivity contribution in [3.05, 3.63) is 47.9 Å². The lowest BCUT2D eigenvalue weighted by Gasteiger charge is -2.11. The van der Waals surface area contributed by atoms with Gasteiger partial charge >= 0.3 is 0 Å². The number of carbonyl (C=O) groups is 1. The number of hydrogen-bond donors (Lipinski definition) is 1. The zero-order chi connectivity index (χ0) is 15.8. The van der Waals surface area contributed by atoms with E-state index in [-0.39, 0.29) is 5.91 Å². The molecule has 0 radical (unpaired) electrons. The number of furan rings is 1. The third-order valence-corrected chi connectivity index (χ3v) is 3.39. The molecule has 22 heavy (non-hydrogen) atoms. The molecule has 0 spiro atoms. The molecule has 1 amide bonds. The summed E-state index contributed by atoms with van der Waals surface area (Å²) in [6.07, 6.45) is 3.36. The Labute approximate surface area is 130 Å². The van der Waals surface area contributed by atoms with E-state index < -0.39 is 0 Å². The van der Waals surface area contributed by atoms with Crippen molar-refractivity contribution in [2.75, 3.05) is 20.8 Å². The molecular formula is C17H21NO4. The lowest BCUT2D eigenvalue weighted by molar-refractivity contribution is -0.121. The van der Waals surface area contributed by atoms with Crippen LogP contribution in [0.4, 0.5) is 0 Å². The highest BCUT2D eigenvalue weighted by molar-refractivity contribution is 5.76. The Hall–Kier alpha value is -2.43. The molecule has 0 unspecified atom stereocenters. The van der Waals surface area contributed by atoms with Crippen LogP contribution in [0, 0.1) is 0 Å². The van der Waals surface area contributed by atoms with E-state index in [1.165, 1.54) is 0 Å². The van der Waals surface area contributed by atoms with Crippen LogP contribution in [-0.2, 0) is 17.6 Å². The van der Waals surface area contributed by atoms with Crippen molar-refractivity contribution in [2.45, 2.75) is 19.3 Å². The van der Waals surface area contributed by atoms with Crippen molar-refractivity contribution in [1.29, 1.82) is 0 Å². The topological polar surface area (TPSA) is 60.7 Å². The van der Waals surface area contributed by atoms with Crippen LogP contribution in [0.3, 0.4) is 0 Å². The van der Waals surface area contributed by atoms with Gasteiger partial charge in [0.15, 0.2) is 0 Å². The number of aryl methyl sites for hydroxylation is 1. The van der Waals surface area contributed by atoms with E-state index in [1.54, 1.807) is 20.5 Å². The SMILES string of the molecule is COc1ccc(CCNC(=O)CCc2ccco2)c(OC)c1. The van der Waals surface area contributed by atoms with Crippen LogP contribution >= 0.6 is 0 Å². The van der Waals surface area contributed by atoms with Crippen molar-refractivity contribution in [2.24, 2.45) is 0 Å². The van der Waals surface area contributed by atoms with E-state index in [2.05, 4.69) is 5.32 Å². The number of nitrogens with one attached hydrogen (secondary N) is 1. The Kier molecular flexibility index (Phi) is 5.89. The average Bonchev–Trinajstić information content (AvgIpc) is 3.06. The highest BCUT2D eigenvalue weighted by atomic mass is 16.5. The number of hydrogen-bond acceptors (Lipinski definition) is 4. The molecular weight excluding hydrogens is 282 g/mol. The van der Waals surface area contributed by atoms with Crippen molar-refractivity contribution in [1.82, 2.24) is 5.32 Å². The molecule has 2 rings (SSSR count). The molecule has 0 aliphatic rings. The van der Waals surface area contributed by atoms with Crippen molar-refractivity contribution in [3.8, 4) is 11.5 Å². The molecule has 0 saturated heterocycles. The second kappa shape index (κ2) is 8.12. The first-order chi connectivity index (χ1) is 10.7. The normalized spacial score (nSPS) is 10.3. The van der Waals surface area contributed by atoms with Crippen molar-refractivity contribution < 1.29 is 18.7 Å². The molecule has 0 saturated carbocycles. The van der Waals surface area contributed by atoms with Gasteiger partial charge in [0, 0.05) is 25.5 Å². The first kappa shape index (κ1) is 15.9. The number of methoxy groups -OCH3 is 2. The van der Waals surface area contributed by atoms with Gasteiger partial charge in [-0.15, -0.1) is 0 Å². The highest BCUT2D eigenvalue weighted by Crippen LogP contribution is 2.24. The fourth-order valence-electron chi connectivity index (χ4n) is 2.17. The standard InChI is InChI=1S/C17H21NO4/c1-20-15-6-5-13(16(12-15)21-2)9-10-18-17(19)8-7-14-4-3-11-22-14/h3-6,11-12H,7-10H2,1-2H3,(H,18,19). The second-order valence-corrected chi connectivity index (χ2v) is 4.86. The fourth-order valence-corrected chi connectivity index (χ4v) is 2.17. The molecule has 0 aliphatic carbocycles. The van der Waals surface area contributed by atoms with Gasteiger partial charge in [0.2, 0.25) is 5.91 Å². The molecule has 0 bridgehead atoms. The lowest BCUT2D eigenvalue weighted by Crippen LogP contribution is -2.25. The minimum atomic E-state index is 0.0175. The molecule has 0 atom stereocenters. The summed E-state index contributed by atoms with van der Waals surface area (Å²) in [6, 6.07) is 9.37. The van der Waals surface area contributed by atoms with E-state index in [4.69, 9.17) is 13.9 Å². The molecule has 0 aliphatic heterocycles. The van der Waals surface area contributed by atoms with E-state index in [0.29, 0.717) is 25.8 Å². The molecule has 1 aromatic carbocycles. The lowest BCUT2D eigenvalue weighted by atomic mass is 10.1. The maximum atomic E-state index is 11.8. The van der Waals surface area contributed by atoms with Gasteiger partial charge in [-0.3, -0.25) is 4.79 Å². The van der Waals surface area contributed by atoms with Crippen molar-refractivity contribution in [3.63, 3.8) is 0 Å². The summed E-state index contributed by atoms with van der Waals surface area (Å²) in [5, 5.41) is 2.91. The van der Waals surface area contributed by atoms with E-state index in [9.17, 15) is 4.79 Å². The maximum Gasteiger partial charge on any atom is 0.220 e. The molecule has 1 heterocycles. The quantitative estimate of drug-likeness (QED) is 0.814. The molecule has 118 valence electrons. The minimum Gasteiger partial charge on any atom is -0.497 e. The summed E-state index contributed by atoms with van der Waals surface area (Å²) >= 11 is 0. The monoisotopic (exact) mass is 303 g/mol. The summed E-state index contributed by atoms with van der Waals surface area (Å²) in [6.45, 7) is 0.569. The van der Waals surface area contributed by atoms with E-state index in [0.717, 1.165) is 22.8 Å². The second-order valence-electron chi connectivity index (χ2n) is 4.86. The van der Waals surface area contributed by atoms with Crippen LogP contribution in [0.2, 0.25) is 0 Å². The molecule has 5 nitrogen and oxygen atoms in total. The van der Waals surface area contributed by atoms with Gasteiger partial charge in [-0.1, -0.05) is 6.07 Å². The first-order valence-corrected chi connectivity index (χ1v) is 7.23. The van der Waals surface area contributed by atoms with Crippen LogP contribution in [0.15, 0.2) is 41.0 Å². The first-order valence-electron chi connectivity index (χ1n) is 7.23. The average molecular weight is 303 g/mol. The molecule has 1 aromatic heterocycles. The van der Waals surface area contributed by atoms with E-state index >= 15 is 0 Å². The van der Waals surface area contributed by atoms with Crippen LogP contribution < -0.4 is 14.8 Å². The predicted molar refractivity (Wildman–Crippen MR) is 83.3 cm³/mol. The van der Waals surface area contributed by atoms with Gasteiger partial charge in [0.05, 0.1) is 20.5 Å². The fraction of sp³-hybridized carbons (Fsp3) is 0.353. The van der Waals surface area contributed by atoms with Gasteiger partial charge in [0.1, 0.15) is 17.3 Å². The Balaban J connectivity index is 1.77. The van der Waals surface area contributed by atoms with Gasteiger partial charge in [0.25, 0.3) is 0 Å². The van der Waals surface area contributed by atoms with Gasteiger partial charge in [-0.25, -0.2) is 0 Å². The number of benzene rings is 1. The largest absolute Gasteiger partial charge is 0.497 e. The van der Waals surface area contributed by atoms with Crippen LogP contribution in [0.25, 0.3) is 0 Å². The predicted octanol–water partition coefficient (Wildman–Crippen LogP) is 2.59. The number of carbonyl (C=O) groups excluding carboxylic acids is 1. The van der Waals surface area contributed by atoms with Gasteiger partial charge in [-0.2, -0.15) is 0 Å². The number of rotatable bonds is 8. The zero-order valence-electron chi connectivity index (χ0n) is 12.9. The summed E-state index contributed by atoms with van der Waals surface area (Å²) in [7, 11) is 3.24. The Morgan fingerprint density at radius 2 is 2.05 bits per heavy atom. The van der Waals surface area contributed by atoms with Crippen molar-refractivity contribution >= 4 is 5.91 Å². The minimum absolute atomic E-state index is 0.0175. The van der Waals surface area contributed by atoms with Crippen LogP contribution in [0.1, 0.15) is 17.7 Å². The molecule has 0 fully saturated rings. The molecule has 1 N–H and O–H groups in total. The summed E-state index contributed by atoms with van der Waals surface area (Å²) in [5.41, 5.74) is 1.04. The Morgan fingerprint density at radius 1 is 1.18 bits per heavy atom. The Morgan fingerprint density at radius 3 is 2.73 bits per heavy atom. The third-order valence-electron chi connectivity index (χ3n) is 3.39. The van der Waals surface area contributed by atoms with Gasteiger partial charge in [-0.05, 0) is 30.2 Å². The Bertz CT molecular complexity index is 593. The summed E-state index contributed by atoms with van der Waals surface area (Å²) in [5.74, 6) is 2.36. The van der Waals surface area contributed by atoms with E-state index in [1.807, 2.05) is 30.3 Å². The number of ether oxygens (including phenoxy) is 2. The van der Waals surface area contributed by atoms with Crippen LogP contribution in [-0.4, -0.2) is 26.7 Å². The summed E-state index contributed by atoms with van der Waals surface area (Å²) in [4.78, 5) is 11.8. The van der Waals surface area contributed by atoms with Gasteiger partial charge < -0.3 is 19.2 Å². The summed E-state index contributed by atoms with van der Waals surface area (Å²) < 4.78 is 15.7. The highest BCUT2D eigenvalue weighted by Gasteiger charge is 2.07. The molecule has 5 heteroatoms. The smallest absolute Gasteiger partial charge is 0.220 e.